The predicted molar refractivity (Wildman–Crippen MR) is 109 cm³/mol. The highest BCUT2D eigenvalue weighted by Gasteiger charge is 2.61. The lowest BCUT2D eigenvalue weighted by Gasteiger charge is -2.25. The molecule has 1 aromatic rings. The largest absolute Gasteiger partial charge is 0.493 e. The fourth-order valence-electron chi connectivity index (χ4n) is 4.54. The van der Waals surface area contributed by atoms with Gasteiger partial charge < -0.3 is 14.2 Å². The number of hydrogen-bond donors (Lipinski definition) is 0. The molecule has 0 spiro atoms. The Morgan fingerprint density at radius 3 is 2.47 bits per heavy atom. The van der Waals surface area contributed by atoms with E-state index in [9.17, 15) is 19.7 Å². The molecule has 3 heterocycles. The average molecular weight is 443 g/mol. The fourth-order valence-corrected chi connectivity index (χ4v) is 4.54. The number of rotatable bonds is 9. The summed E-state index contributed by atoms with van der Waals surface area (Å²) >= 11 is 0. The number of nitro groups is 1. The third-order valence-electron chi connectivity index (χ3n) is 6.01. The molecule has 32 heavy (non-hydrogen) atoms. The van der Waals surface area contributed by atoms with E-state index >= 15 is 0 Å². The number of benzene rings is 1. The molecule has 0 N–H and O–H groups in total. The number of nitro benzene ring substituents is 1. The minimum Gasteiger partial charge on any atom is -0.493 e. The number of likely N-dealkylation sites (tertiary alicyclic amines) is 1. The van der Waals surface area contributed by atoms with Gasteiger partial charge in [0.15, 0.2) is 11.5 Å². The summed E-state index contributed by atoms with van der Waals surface area (Å²) < 4.78 is 16.6. The molecule has 3 aliphatic heterocycles. The van der Waals surface area contributed by atoms with Gasteiger partial charge in [0.05, 0.1) is 60.4 Å². The van der Waals surface area contributed by atoms with Crippen molar-refractivity contribution in [2.24, 2.45) is 17.0 Å². The summed E-state index contributed by atoms with van der Waals surface area (Å²) in [6.07, 6.45) is 3.10. The van der Waals surface area contributed by atoms with Gasteiger partial charge in [0.2, 0.25) is 11.8 Å². The van der Waals surface area contributed by atoms with E-state index < -0.39 is 46.8 Å². The summed E-state index contributed by atoms with van der Waals surface area (Å²) in [5, 5.41) is 15.2. The predicted octanol–water partition coefficient (Wildman–Crippen LogP) is 2.68. The van der Waals surface area contributed by atoms with Gasteiger partial charge >= 0.3 is 0 Å². The third kappa shape index (κ3) is 3.43. The zero-order valence-electron chi connectivity index (χ0n) is 17.4. The molecule has 168 valence electrons. The first-order chi connectivity index (χ1) is 15.4. The fraction of sp³-hybridized carbons (Fsp3) is 0.500. The van der Waals surface area contributed by atoms with Gasteiger partial charge in [-0.05, 0) is 24.9 Å². The number of methoxy groups -OCH3 is 1. The van der Waals surface area contributed by atoms with Gasteiger partial charge in [-0.1, -0.05) is 17.3 Å². The number of imide groups is 1. The molecular formula is C20H21N5O7. The van der Waals surface area contributed by atoms with Crippen LogP contribution in [0.1, 0.15) is 24.9 Å². The first-order valence-electron chi connectivity index (χ1n) is 10.1. The van der Waals surface area contributed by atoms with E-state index in [-0.39, 0.29) is 35.9 Å². The van der Waals surface area contributed by atoms with Crippen LogP contribution in [-0.4, -0.2) is 54.1 Å². The molecule has 2 fully saturated rings. The molecule has 1 aromatic carbocycles. The van der Waals surface area contributed by atoms with Crippen molar-refractivity contribution >= 4 is 17.5 Å². The lowest BCUT2D eigenvalue weighted by atomic mass is 9.85. The smallest absolute Gasteiger partial charge is 0.278 e. The quantitative estimate of drug-likeness (QED) is 0.0829. The van der Waals surface area contributed by atoms with E-state index in [4.69, 9.17) is 19.7 Å². The molecule has 5 unspecified atom stereocenters. The van der Waals surface area contributed by atoms with Crippen LogP contribution in [0.4, 0.5) is 5.69 Å². The molecule has 3 aliphatic rings. The molecule has 2 saturated heterocycles. The van der Waals surface area contributed by atoms with Crippen LogP contribution in [0.2, 0.25) is 0 Å². The number of ether oxygens (including phenoxy) is 3. The van der Waals surface area contributed by atoms with Crippen LogP contribution < -0.4 is 9.47 Å². The average Bonchev–Trinajstić information content (AvgIpc) is 3.46. The maximum Gasteiger partial charge on any atom is 0.278 e. The van der Waals surface area contributed by atoms with E-state index in [1.165, 1.54) is 19.2 Å². The Balaban J connectivity index is 1.62. The van der Waals surface area contributed by atoms with Gasteiger partial charge in [0.1, 0.15) is 0 Å². The summed E-state index contributed by atoms with van der Waals surface area (Å²) in [6.45, 7) is 1.96. The Bertz CT molecular complexity index is 1020. The van der Waals surface area contributed by atoms with Crippen molar-refractivity contribution in [3.05, 3.63) is 50.4 Å². The van der Waals surface area contributed by atoms with Gasteiger partial charge in [-0.2, -0.15) is 0 Å². The molecule has 5 atom stereocenters. The van der Waals surface area contributed by atoms with Gasteiger partial charge in [-0.3, -0.25) is 24.6 Å². The molecule has 4 rings (SSSR count). The Morgan fingerprint density at radius 1 is 1.25 bits per heavy atom. The first-order valence-corrected chi connectivity index (χ1v) is 10.1. The summed E-state index contributed by atoms with van der Waals surface area (Å²) in [4.78, 5) is 41.1. The van der Waals surface area contributed by atoms with Crippen molar-refractivity contribution in [3.8, 4) is 11.5 Å². The van der Waals surface area contributed by atoms with E-state index in [0.29, 0.717) is 6.42 Å². The highest BCUT2D eigenvalue weighted by Crippen LogP contribution is 2.48. The SMILES string of the molecule is COc1cc(C(C)N2C(=O)C3C4C=CC(O4)C3C2=O)c([N+](=O)[O-])cc1OCCCN=[N+]=[N-]. The third-order valence-corrected chi connectivity index (χ3v) is 6.01. The van der Waals surface area contributed by atoms with Crippen LogP contribution in [0.25, 0.3) is 10.4 Å². The number of azide groups is 1. The van der Waals surface area contributed by atoms with Gasteiger partial charge in [0.25, 0.3) is 5.69 Å². The highest BCUT2D eigenvalue weighted by molar-refractivity contribution is 6.07. The summed E-state index contributed by atoms with van der Waals surface area (Å²) in [5.74, 6) is -1.61. The Morgan fingerprint density at radius 2 is 1.91 bits per heavy atom. The Kier molecular flexibility index (Phi) is 5.72. The normalized spacial score (nSPS) is 26.1. The minimum atomic E-state index is -0.881. The van der Waals surface area contributed by atoms with Crippen molar-refractivity contribution in [3.63, 3.8) is 0 Å². The van der Waals surface area contributed by atoms with E-state index in [1.54, 1.807) is 19.1 Å². The molecular weight excluding hydrogens is 422 g/mol. The lowest BCUT2D eigenvalue weighted by molar-refractivity contribution is -0.385. The van der Waals surface area contributed by atoms with Crippen LogP contribution in [0, 0.1) is 22.0 Å². The van der Waals surface area contributed by atoms with E-state index in [2.05, 4.69) is 10.0 Å². The van der Waals surface area contributed by atoms with E-state index in [1.807, 2.05) is 0 Å². The Hall–Kier alpha value is -3.63. The second kappa shape index (κ2) is 8.48. The topological polar surface area (TPSA) is 157 Å². The molecule has 2 amide bonds. The maximum absolute atomic E-state index is 13.1. The number of amides is 2. The molecule has 12 heteroatoms. The van der Waals surface area contributed by atoms with Crippen molar-refractivity contribution < 1.29 is 28.7 Å². The van der Waals surface area contributed by atoms with Crippen molar-refractivity contribution in [1.82, 2.24) is 4.90 Å². The molecule has 0 saturated carbocycles. The zero-order chi connectivity index (χ0) is 23.0. The second-order valence-corrected chi connectivity index (χ2v) is 7.70. The first kappa shape index (κ1) is 21.6. The van der Waals surface area contributed by atoms with Crippen molar-refractivity contribution in [1.29, 1.82) is 0 Å². The second-order valence-electron chi connectivity index (χ2n) is 7.70. The van der Waals surface area contributed by atoms with Crippen molar-refractivity contribution in [2.45, 2.75) is 31.6 Å². The monoisotopic (exact) mass is 443 g/mol. The number of hydrogen-bond acceptors (Lipinski definition) is 8. The number of carbonyl (C=O) groups excluding carboxylic acids is 2. The number of nitrogens with zero attached hydrogens (tertiary/aromatic N) is 5. The van der Waals surface area contributed by atoms with Crippen LogP contribution >= 0.6 is 0 Å². The summed E-state index contributed by atoms with van der Waals surface area (Å²) in [5.41, 5.74) is 8.19. The Labute approximate surface area is 182 Å². The van der Waals surface area contributed by atoms with Gasteiger partial charge in [-0.25, -0.2) is 0 Å². The van der Waals surface area contributed by atoms with E-state index in [0.717, 1.165) is 4.90 Å². The summed E-state index contributed by atoms with van der Waals surface area (Å²) in [6, 6.07) is 1.76. The number of fused-ring (bicyclic) bond motifs is 5. The number of carbonyl (C=O) groups is 2. The maximum atomic E-state index is 13.1. The van der Waals surface area contributed by atoms with Crippen LogP contribution in [0.3, 0.4) is 0 Å². The lowest BCUT2D eigenvalue weighted by Crippen LogP contribution is -2.36. The molecule has 2 bridgehead atoms. The van der Waals surface area contributed by atoms with Crippen LogP contribution in [0.15, 0.2) is 29.4 Å². The zero-order valence-corrected chi connectivity index (χ0v) is 17.4. The van der Waals surface area contributed by atoms with Crippen LogP contribution in [-0.2, 0) is 14.3 Å². The van der Waals surface area contributed by atoms with Gasteiger partial charge in [-0.15, -0.1) is 0 Å². The van der Waals surface area contributed by atoms with Gasteiger partial charge in [0, 0.05) is 11.5 Å². The summed E-state index contributed by atoms with van der Waals surface area (Å²) in [7, 11) is 1.39. The molecule has 0 aromatic heterocycles. The molecule has 0 aliphatic carbocycles. The molecule has 12 nitrogen and oxygen atoms in total. The van der Waals surface area contributed by atoms with Crippen molar-refractivity contribution in [2.75, 3.05) is 20.3 Å². The van der Waals surface area contributed by atoms with Crippen LogP contribution in [0.5, 0.6) is 11.5 Å². The standard InChI is InChI=1S/C20H21N5O7/c1-10(24-19(26)17-13-4-5-14(32-13)18(17)20(24)27)11-8-15(30-2)16(9-12(11)25(28)29)31-7-3-6-22-23-21/h4-5,8-10,13-14,17-18H,3,6-7H2,1-2H3. The molecule has 0 radical (unpaired) electrons. The minimum absolute atomic E-state index is 0.141. The highest BCUT2D eigenvalue weighted by atomic mass is 16.6.